The van der Waals surface area contributed by atoms with Crippen molar-refractivity contribution in [1.29, 1.82) is 0 Å². The number of rotatable bonds is 6. The van der Waals surface area contributed by atoms with E-state index in [-0.39, 0.29) is 5.91 Å². The molecule has 1 aromatic rings. The third-order valence-electron chi connectivity index (χ3n) is 2.39. The minimum atomic E-state index is -0.0409. The van der Waals surface area contributed by atoms with Crippen LogP contribution in [0.5, 0.6) is 0 Å². The molecule has 0 fully saturated rings. The predicted octanol–water partition coefficient (Wildman–Crippen LogP) is 2.43. The highest BCUT2D eigenvalue weighted by molar-refractivity contribution is 5.90. The zero-order valence-corrected chi connectivity index (χ0v) is 10.1. The summed E-state index contributed by atoms with van der Waals surface area (Å²) in [6.07, 6.45) is 1.95. The van der Waals surface area contributed by atoms with Gasteiger partial charge in [-0.1, -0.05) is 30.9 Å². The Morgan fingerprint density at radius 2 is 2.12 bits per heavy atom. The molecule has 0 bridgehead atoms. The topological polar surface area (TPSA) is 41.1 Å². The van der Waals surface area contributed by atoms with Gasteiger partial charge in [0.25, 0.3) is 0 Å². The van der Waals surface area contributed by atoms with Crippen LogP contribution < -0.4 is 10.6 Å². The lowest BCUT2D eigenvalue weighted by atomic mass is 10.0. The molecule has 0 radical (unpaired) electrons. The van der Waals surface area contributed by atoms with Gasteiger partial charge in [0.15, 0.2) is 0 Å². The summed E-state index contributed by atoms with van der Waals surface area (Å²) in [5.41, 5.74) is 2.76. The molecular formula is C14H18N2O. The van der Waals surface area contributed by atoms with Crippen LogP contribution in [0.4, 0.5) is 5.69 Å². The summed E-state index contributed by atoms with van der Waals surface area (Å²) in [6.45, 7) is 7.99. The molecule has 0 aromatic heterocycles. The Morgan fingerprint density at radius 1 is 1.41 bits per heavy atom. The summed E-state index contributed by atoms with van der Waals surface area (Å²) < 4.78 is 0. The van der Waals surface area contributed by atoms with Crippen molar-refractivity contribution >= 4 is 17.2 Å². The Kier molecular flexibility index (Phi) is 5.01. The van der Waals surface area contributed by atoms with Crippen LogP contribution in [-0.4, -0.2) is 19.5 Å². The lowest BCUT2D eigenvalue weighted by Gasteiger charge is -2.11. The van der Waals surface area contributed by atoms with Crippen molar-refractivity contribution in [2.45, 2.75) is 6.42 Å². The van der Waals surface area contributed by atoms with Gasteiger partial charge < -0.3 is 10.6 Å². The molecule has 0 unspecified atom stereocenters. The average molecular weight is 230 g/mol. The van der Waals surface area contributed by atoms with Gasteiger partial charge in [0.2, 0.25) is 5.91 Å². The fourth-order valence-electron chi connectivity index (χ4n) is 1.55. The molecule has 0 spiro atoms. The number of amides is 1. The van der Waals surface area contributed by atoms with E-state index in [9.17, 15) is 4.79 Å². The molecule has 3 nitrogen and oxygen atoms in total. The largest absolute Gasteiger partial charge is 0.388 e. The summed E-state index contributed by atoms with van der Waals surface area (Å²) in [7, 11) is 1.85. The number of benzene rings is 1. The van der Waals surface area contributed by atoms with Crippen molar-refractivity contribution in [2.24, 2.45) is 0 Å². The molecule has 0 atom stereocenters. The van der Waals surface area contributed by atoms with Gasteiger partial charge in [0.05, 0.1) is 6.42 Å². The number of para-hydroxylation sites is 1. The van der Waals surface area contributed by atoms with Crippen molar-refractivity contribution in [3.8, 4) is 0 Å². The van der Waals surface area contributed by atoms with Gasteiger partial charge in [-0.2, -0.15) is 0 Å². The third-order valence-corrected chi connectivity index (χ3v) is 2.39. The number of nitrogens with one attached hydrogen (secondary N) is 2. The normalized spacial score (nSPS) is 9.47. The van der Waals surface area contributed by atoms with Gasteiger partial charge in [-0.25, -0.2) is 0 Å². The maximum atomic E-state index is 11.5. The van der Waals surface area contributed by atoms with E-state index in [1.165, 1.54) is 0 Å². The number of hydrogen-bond acceptors (Lipinski definition) is 2. The molecule has 2 N–H and O–H groups in total. The first kappa shape index (κ1) is 13.0. The van der Waals surface area contributed by atoms with Gasteiger partial charge in [-0.3, -0.25) is 4.79 Å². The smallest absolute Gasteiger partial charge is 0.224 e. The lowest BCUT2D eigenvalue weighted by Crippen LogP contribution is -2.23. The summed E-state index contributed by atoms with van der Waals surface area (Å²) in [5.74, 6) is -0.0409. The lowest BCUT2D eigenvalue weighted by molar-refractivity contribution is -0.119. The van der Waals surface area contributed by atoms with E-state index in [2.05, 4.69) is 23.8 Å². The van der Waals surface area contributed by atoms with Crippen molar-refractivity contribution in [3.05, 3.63) is 49.1 Å². The molecule has 1 aromatic carbocycles. The van der Waals surface area contributed by atoms with E-state index in [0.29, 0.717) is 13.0 Å². The molecule has 0 aliphatic rings. The van der Waals surface area contributed by atoms with Gasteiger partial charge in [-0.05, 0) is 11.6 Å². The molecule has 0 saturated heterocycles. The van der Waals surface area contributed by atoms with E-state index in [1.807, 2.05) is 31.3 Å². The number of carbonyl (C=O) groups is 1. The molecule has 90 valence electrons. The third kappa shape index (κ3) is 3.79. The predicted molar refractivity (Wildman–Crippen MR) is 72.8 cm³/mol. The number of anilines is 1. The minimum absolute atomic E-state index is 0.0409. The van der Waals surface area contributed by atoms with Crippen LogP contribution in [0.1, 0.15) is 12.0 Å². The zero-order chi connectivity index (χ0) is 12.7. The van der Waals surface area contributed by atoms with Crippen LogP contribution >= 0.6 is 0 Å². The maximum absolute atomic E-state index is 11.5. The van der Waals surface area contributed by atoms with Crippen molar-refractivity contribution in [1.82, 2.24) is 5.32 Å². The second-order valence-electron chi connectivity index (χ2n) is 3.67. The summed E-state index contributed by atoms with van der Waals surface area (Å²) in [6, 6.07) is 7.79. The SMILES string of the molecule is C=CCNC(=O)CC(=C)c1ccccc1NC. The average Bonchev–Trinajstić information content (AvgIpc) is 2.36. The molecule has 3 heteroatoms. The molecule has 0 aliphatic carbocycles. The van der Waals surface area contributed by atoms with Crippen LogP contribution in [0, 0.1) is 0 Å². The fourth-order valence-corrected chi connectivity index (χ4v) is 1.55. The van der Waals surface area contributed by atoms with Crippen molar-refractivity contribution in [2.75, 3.05) is 18.9 Å². The highest BCUT2D eigenvalue weighted by Gasteiger charge is 2.08. The van der Waals surface area contributed by atoms with Gasteiger partial charge in [0.1, 0.15) is 0 Å². The molecule has 1 rings (SSSR count). The summed E-state index contributed by atoms with van der Waals surface area (Å²) >= 11 is 0. The molecule has 0 heterocycles. The Labute approximate surface area is 102 Å². The summed E-state index contributed by atoms with van der Waals surface area (Å²) in [4.78, 5) is 11.5. The van der Waals surface area contributed by atoms with E-state index in [1.54, 1.807) is 6.08 Å². The molecule has 1 amide bonds. The number of carbonyl (C=O) groups excluding carboxylic acids is 1. The summed E-state index contributed by atoms with van der Waals surface area (Å²) in [5, 5.41) is 5.82. The standard InChI is InChI=1S/C14H18N2O/c1-4-9-16-14(17)10-11(2)12-7-5-6-8-13(12)15-3/h4-8,15H,1-2,9-10H2,3H3,(H,16,17). The number of hydrogen-bond donors (Lipinski definition) is 2. The zero-order valence-electron chi connectivity index (χ0n) is 10.1. The highest BCUT2D eigenvalue weighted by Crippen LogP contribution is 2.24. The van der Waals surface area contributed by atoms with E-state index in [0.717, 1.165) is 16.8 Å². The van der Waals surface area contributed by atoms with Crippen molar-refractivity contribution < 1.29 is 4.79 Å². The Balaban J connectivity index is 2.69. The fraction of sp³-hybridized carbons (Fsp3) is 0.214. The van der Waals surface area contributed by atoms with Gasteiger partial charge in [-0.15, -0.1) is 6.58 Å². The van der Waals surface area contributed by atoms with Crippen molar-refractivity contribution in [3.63, 3.8) is 0 Å². The van der Waals surface area contributed by atoms with Crippen LogP contribution in [0.25, 0.3) is 5.57 Å². The van der Waals surface area contributed by atoms with Crippen LogP contribution in [0.2, 0.25) is 0 Å². The molecule has 17 heavy (non-hydrogen) atoms. The van der Waals surface area contributed by atoms with E-state index >= 15 is 0 Å². The maximum Gasteiger partial charge on any atom is 0.224 e. The first-order chi connectivity index (χ1) is 8.19. The first-order valence-electron chi connectivity index (χ1n) is 5.51. The first-order valence-corrected chi connectivity index (χ1v) is 5.51. The highest BCUT2D eigenvalue weighted by atomic mass is 16.1. The second kappa shape index (κ2) is 6.53. The van der Waals surface area contributed by atoms with Crippen LogP contribution in [-0.2, 0) is 4.79 Å². The van der Waals surface area contributed by atoms with Gasteiger partial charge >= 0.3 is 0 Å². The monoisotopic (exact) mass is 230 g/mol. The van der Waals surface area contributed by atoms with E-state index in [4.69, 9.17) is 0 Å². The van der Waals surface area contributed by atoms with E-state index < -0.39 is 0 Å². The quantitative estimate of drug-likeness (QED) is 0.737. The van der Waals surface area contributed by atoms with Gasteiger partial charge in [0, 0.05) is 24.8 Å². The van der Waals surface area contributed by atoms with Crippen LogP contribution in [0.3, 0.4) is 0 Å². The van der Waals surface area contributed by atoms with Crippen LogP contribution in [0.15, 0.2) is 43.5 Å². The Hall–Kier alpha value is -2.03. The Bertz CT molecular complexity index is 424. The molecular weight excluding hydrogens is 212 g/mol. The Morgan fingerprint density at radius 3 is 2.76 bits per heavy atom. The second-order valence-corrected chi connectivity index (χ2v) is 3.67. The minimum Gasteiger partial charge on any atom is -0.388 e. The molecule has 0 aliphatic heterocycles. The molecule has 0 saturated carbocycles.